The molecule has 0 saturated carbocycles. The van der Waals surface area contributed by atoms with Gasteiger partial charge < -0.3 is 16.0 Å². The van der Waals surface area contributed by atoms with Crippen molar-refractivity contribution in [3.63, 3.8) is 0 Å². The first kappa shape index (κ1) is 16.5. The van der Waals surface area contributed by atoms with E-state index in [0.29, 0.717) is 17.2 Å². The lowest BCUT2D eigenvalue weighted by atomic mass is 9.98. The zero-order valence-corrected chi connectivity index (χ0v) is 13.6. The summed E-state index contributed by atoms with van der Waals surface area (Å²) in [4.78, 5) is 26.1. The molecule has 0 aliphatic carbocycles. The minimum atomic E-state index is -0.932. The van der Waals surface area contributed by atoms with Crippen molar-refractivity contribution in [3.05, 3.63) is 29.8 Å². The molecule has 0 aromatic heterocycles. The summed E-state index contributed by atoms with van der Waals surface area (Å²) in [7, 11) is 0. The minimum absolute atomic E-state index is 0.0592. The molecule has 1 aliphatic heterocycles. The molecule has 0 radical (unpaired) electrons. The molecule has 0 spiro atoms. The second-order valence-corrected chi connectivity index (χ2v) is 6.73. The average Bonchev–Trinajstić information content (AvgIpc) is 2.47. The lowest BCUT2D eigenvalue weighted by molar-refractivity contribution is -0.120. The molecule has 1 heterocycles. The van der Waals surface area contributed by atoms with Crippen LogP contribution in [0.2, 0.25) is 0 Å². The number of carbonyl (C=O) groups excluding carboxylic acids is 2. The van der Waals surface area contributed by atoms with E-state index in [0.717, 1.165) is 25.9 Å². The van der Waals surface area contributed by atoms with Gasteiger partial charge in [-0.1, -0.05) is 6.92 Å². The van der Waals surface area contributed by atoms with Gasteiger partial charge in [0.25, 0.3) is 5.91 Å². The molecule has 0 atom stereocenters. The third-order valence-corrected chi connectivity index (χ3v) is 4.05. The van der Waals surface area contributed by atoms with E-state index < -0.39 is 5.54 Å². The molecular weight excluding hydrogens is 278 g/mol. The smallest absolute Gasteiger partial charge is 0.253 e. The Morgan fingerprint density at radius 2 is 1.73 bits per heavy atom. The predicted octanol–water partition coefficient (Wildman–Crippen LogP) is 2.23. The van der Waals surface area contributed by atoms with Gasteiger partial charge in [0.1, 0.15) is 0 Å². The molecule has 0 bridgehead atoms. The zero-order valence-electron chi connectivity index (χ0n) is 13.6. The van der Waals surface area contributed by atoms with Crippen LogP contribution in [0.1, 0.15) is 44.0 Å². The van der Waals surface area contributed by atoms with E-state index in [-0.39, 0.29) is 11.8 Å². The van der Waals surface area contributed by atoms with Gasteiger partial charge in [0.2, 0.25) is 5.91 Å². The number of carbonyl (C=O) groups is 2. The molecule has 1 saturated heterocycles. The fourth-order valence-corrected chi connectivity index (χ4v) is 2.38. The van der Waals surface area contributed by atoms with Crippen LogP contribution in [0, 0.1) is 5.92 Å². The van der Waals surface area contributed by atoms with Gasteiger partial charge in [-0.05, 0) is 56.9 Å². The van der Waals surface area contributed by atoms with Gasteiger partial charge in [0.15, 0.2) is 0 Å². The topological polar surface area (TPSA) is 75.4 Å². The second kappa shape index (κ2) is 6.48. The highest BCUT2D eigenvalue weighted by Gasteiger charge is 2.23. The second-order valence-electron chi connectivity index (χ2n) is 6.73. The fourth-order valence-electron chi connectivity index (χ4n) is 2.38. The maximum absolute atomic E-state index is 12.4. The Kier molecular flexibility index (Phi) is 4.86. The van der Waals surface area contributed by atoms with E-state index in [4.69, 9.17) is 5.73 Å². The molecule has 22 heavy (non-hydrogen) atoms. The van der Waals surface area contributed by atoms with Crippen LogP contribution in [0.15, 0.2) is 24.3 Å². The monoisotopic (exact) mass is 303 g/mol. The van der Waals surface area contributed by atoms with Gasteiger partial charge in [-0.25, -0.2) is 0 Å². The summed E-state index contributed by atoms with van der Waals surface area (Å²) in [6.07, 6.45) is 2.12. The highest BCUT2D eigenvalue weighted by molar-refractivity contribution is 5.98. The van der Waals surface area contributed by atoms with Crippen LogP contribution >= 0.6 is 0 Å². The summed E-state index contributed by atoms with van der Waals surface area (Å²) < 4.78 is 0. The molecule has 5 heteroatoms. The molecule has 1 fully saturated rings. The van der Waals surface area contributed by atoms with E-state index >= 15 is 0 Å². The largest absolute Gasteiger partial charge is 0.339 e. The summed E-state index contributed by atoms with van der Waals surface area (Å²) >= 11 is 0. The van der Waals surface area contributed by atoms with Gasteiger partial charge >= 0.3 is 0 Å². The van der Waals surface area contributed by atoms with Crippen molar-refractivity contribution in [2.24, 2.45) is 11.7 Å². The standard InChI is InChI=1S/C17H25N3O2/c1-12-8-10-20(11-9-12)15(21)13-4-6-14(7-5-13)19-16(22)17(2,3)18/h4-7,12H,8-11,18H2,1-3H3,(H,19,22). The van der Waals surface area contributed by atoms with Gasteiger partial charge in [-0.3, -0.25) is 9.59 Å². The van der Waals surface area contributed by atoms with E-state index in [1.54, 1.807) is 38.1 Å². The van der Waals surface area contributed by atoms with Crippen molar-refractivity contribution in [2.45, 2.75) is 39.2 Å². The van der Waals surface area contributed by atoms with E-state index in [9.17, 15) is 9.59 Å². The number of benzene rings is 1. The maximum atomic E-state index is 12.4. The quantitative estimate of drug-likeness (QED) is 0.899. The summed E-state index contributed by atoms with van der Waals surface area (Å²) in [6.45, 7) is 7.16. The molecule has 2 rings (SSSR count). The van der Waals surface area contributed by atoms with Crippen LogP contribution in [0.3, 0.4) is 0 Å². The number of rotatable bonds is 3. The predicted molar refractivity (Wildman–Crippen MR) is 87.6 cm³/mol. The van der Waals surface area contributed by atoms with Crippen LogP contribution < -0.4 is 11.1 Å². The highest BCUT2D eigenvalue weighted by atomic mass is 16.2. The maximum Gasteiger partial charge on any atom is 0.253 e. The van der Waals surface area contributed by atoms with E-state index in [2.05, 4.69) is 12.2 Å². The zero-order chi connectivity index (χ0) is 16.3. The molecule has 1 aromatic carbocycles. The van der Waals surface area contributed by atoms with Crippen molar-refractivity contribution in [1.29, 1.82) is 0 Å². The number of nitrogens with one attached hydrogen (secondary N) is 1. The lowest BCUT2D eigenvalue weighted by Crippen LogP contribution is -2.45. The molecule has 5 nitrogen and oxygen atoms in total. The Balaban J connectivity index is 1.99. The molecule has 2 amide bonds. The lowest BCUT2D eigenvalue weighted by Gasteiger charge is -2.30. The van der Waals surface area contributed by atoms with Gasteiger partial charge in [-0.2, -0.15) is 0 Å². The minimum Gasteiger partial charge on any atom is -0.339 e. The van der Waals surface area contributed by atoms with Crippen molar-refractivity contribution < 1.29 is 9.59 Å². The number of hydrogen-bond donors (Lipinski definition) is 2. The summed E-state index contributed by atoms with van der Waals surface area (Å²) in [6, 6.07) is 6.98. The number of amides is 2. The first-order valence-electron chi connectivity index (χ1n) is 7.77. The normalized spacial score (nSPS) is 16.5. The Morgan fingerprint density at radius 3 is 2.23 bits per heavy atom. The number of nitrogens with zero attached hydrogens (tertiary/aromatic N) is 1. The Labute approximate surface area is 131 Å². The molecule has 1 aliphatic rings. The van der Waals surface area contributed by atoms with Crippen molar-refractivity contribution >= 4 is 17.5 Å². The third-order valence-electron chi connectivity index (χ3n) is 4.05. The van der Waals surface area contributed by atoms with E-state index in [1.165, 1.54) is 0 Å². The summed E-state index contributed by atoms with van der Waals surface area (Å²) in [5.41, 5.74) is 6.11. The van der Waals surface area contributed by atoms with Gasteiger partial charge in [0, 0.05) is 24.3 Å². The van der Waals surface area contributed by atoms with Gasteiger partial charge in [-0.15, -0.1) is 0 Å². The summed E-state index contributed by atoms with van der Waals surface area (Å²) in [5, 5.41) is 2.74. The Morgan fingerprint density at radius 1 is 1.18 bits per heavy atom. The molecule has 0 unspecified atom stereocenters. The Bertz CT molecular complexity index is 538. The molecule has 3 N–H and O–H groups in total. The summed E-state index contributed by atoms with van der Waals surface area (Å²) in [5.74, 6) is 0.502. The number of anilines is 1. The van der Waals surface area contributed by atoms with E-state index in [1.807, 2.05) is 4.90 Å². The van der Waals surface area contributed by atoms with Crippen molar-refractivity contribution in [3.8, 4) is 0 Å². The molecular formula is C17H25N3O2. The molecule has 1 aromatic rings. The van der Waals surface area contributed by atoms with Crippen molar-refractivity contribution in [2.75, 3.05) is 18.4 Å². The first-order valence-corrected chi connectivity index (χ1v) is 7.77. The van der Waals surface area contributed by atoms with Gasteiger partial charge in [0.05, 0.1) is 5.54 Å². The van der Waals surface area contributed by atoms with Crippen molar-refractivity contribution in [1.82, 2.24) is 4.90 Å². The number of hydrogen-bond acceptors (Lipinski definition) is 3. The third kappa shape index (κ3) is 4.07. The number of likely N-dealkylation sites (tertiary alicyclic amines) is 1. The van der Waals surface area contributed by atoms with Crippen LogP contribution in [0.5, 0.6) is 0 Å². The molecule has 120 valence electrons. The number of piperidine rings is 1. The number of nitrogens with two attached hydrogens (primary N) is 1. The fraction of sp³-hybridized carbons (Fsp3) is 0.529. The van der Waals surface area contributed by atoms with Crippen LogP contribution in [0.25, 0.3) is 0 Å². The first-order chi connectivity index (χ1) is 10.3. The average molecular weight is 303 g/mol. The highest BCUT2D eigenvalue weighted by Crippen LogP contribution is 2.19. The van der Waals surface area contributed by atoms with Crippen LogP contribution in [-0.4, -0.2) is 35.3 Å². The SMILES string of the molecule is CC1CCN(C(=O)c2ccc(NC(=O)C(C)(C)N)cc2)CC1. The van der Waals surface area contributed by atoms with Crippen LogP contribution in [0.4, 0.5) is 5.69 Å². The van der Waals surface area contributed by atoms with Crippen LogP contribution in [-0.2, 0) is 4.79 Å². The Hall–Kier alpha value is -1.88.